The molecule has 0 spiro atoms. The molecule has 1 rings (SSSR count). The minimum atomic E-state index is -1.09. The van der Waals surface area contributed by atoms with Gasteiger partial charge in [-0.3, -0.25) is 9.59 Å². The molecule has 1 saturated carbocycles. The van der Waals surface area contributed by atoms with Gasteiger partial charge in [-0.25, -0.2) is 0 Å². The summed E-state index contributed by atoms with van der Waals surface area (Å²) in [4.78, 5) is 21.5. The summed E-state index contributed by atoms with van der Waals surface area (Å²) in [6.45, 7) is 4.76. The topological polar surface area (TPSA) is 98.7 Å². The molecule has 20 heavy (non-hydrogen) atoms. The molecule has 0 radical (unpaired) electrons. The summed E-state index contributed by atoms with van der Waals surface area (Å²) in [7, 11) is 0. The number of hydrogen-bond donors (Lipinski definition) is 4. The first-order chi connectivity index (χ1) is 9.52. The van der Waals surface area contributed by atoms with E-state index in [0.717, 1.165) is 44.7 Å². The highest BCUT2D eigenvalue weighted by Gasteiger charge is 2.24. The Morgan fingerprint density at radius 3 is 2.10 bits per heavy atom. The number of hydrogen-bond acceptors (Lipinski definition) is 4. The molecular formula is C14H26N2O4. The quantitative estimate of drug-likeness (QED) is 0.503. The molecule has 4 N–H and O–H groups in total. The predicted molar refractivity (Wildman–Crippen MR) is 75.7 cm³/mol. The minimum absolute atomic E-state index is 0.370. The molecule has 1 unspecified atom stereocenters. The number of rotatable bonds is 9. The van der Waals surface area contributed by atoms with Crippen molar-refractivity contribution in [2.45, 2.75) is 45.1 Å². The Hall–Kier alpha value is -1.14. The Labute approximate surface area is 119 Å². The molecule has 116 valence electrons. The Bertz CT molecular complexity index is 314. The SMILES string of the molecule is CCNCC1CCC(CNC(CC(=O)O)C(=O)O)CC1. The molecule has 6 nitrogen and oxygen atoms in total. The standard InChI is InChI=1S/C14H26N2O4/c1-2-15-8-10-3-5-11(6-4-10)9-16-12(14(19)20)7-13(17)18/h10-12,15-16H,2-9H2,1H3,(H,17,18)(H,19,20). The summed E-state index contributed by atoms with van der Waals surface area (Å²) < 4.78 is 0. The second-order valence-electron chi connectivity index (χ2n) is 5.59. The highest BCUT2D eigenvalue weighted by atomic mass is 16.4. The molecule has 0 saturated heterocycles. The Morgan fingerprint density at radius 2 is 1.65 bits per heavy atom. The first kappa shape index (κ1) is 16.9. The number of carbonyl (C=O) groups is 2. The van der Waals surface area contributed by atoms with Gasteiger partial charge in [-0.2, -0.15) is 0 Å². The van der Waals surface area contributed by atoms with Crippen molar-refractivity contribution >= 4 is 11.9 Å². The van der Waals surface area contributed by atoms with Crippen LogP contribution >= 0.6 is 0 Å². The maximum Gasteiger partial charge on any atom is 0.321 e. The van der Waals surface area contributed by atoms with Gasteiger partial charge in [0.25, 0.3) is 0 Å². The molecule has 0 bridgehead atoms. The second-order valence-corrected chi connectivity index (χ2v) is 5.59. The van der Waals surface area contributed by atoms with Crippen molar-refractivity contribution in [2.24, 2.45) is 11.8 Å². The Kier molecular flexibility index (Phi) is 7.54. The second kappa shape index (κ2) is 8.92. The fourth-order valence-electron chi connectivity index (χ4n) is 2.72. The third kappa shape index (κ3) is 6.34. The minimum Gasteiger partial charge on any atom is -0.481 e. The number of aliphatic carboxylic acids is 2. The van der Waals surface area contributed by atoms with Gasteiger partial charge in [-0.1, -0.05) is 6.92 Å². The molecule has 1 aliphatic rings. The van der Waals surface area contributed by atoms with Crippen molar-refractivity contribution < 1.29 is 19.8 Å². The highest BCUT2D eigenvalue weighted by Crippen LogP contribution is 2.28. The van der Waals surface area contributed by atoms with Crippen molar-refractivity contribution in [3.8, 4) is 0 Å². The van der Waals surface area contributed by atoms with Crippen LogP contribution in [-0.2, 0) is 9.59 Å². The maximum atomic E-state index is 10.9. The molecule has 6 heteroatoms. The molecule has 0 amide bonds. The first-order valence-corrected chi connectivity index (χ1v) is 7.41. The van der Waals surface area contributed by atoms with Crippen LogP contribution in [-0.4, -0.2) is 47.8 Å². The third-order valence-corrected chi connectivity index (χ3v) is 3.98. The smallest absolute Gasteiger partial charge is 0.321 e. The van der Waals surface area contributed by atoms with Gasteiger partial charge in [0.15, 0.2) is 0 Å². The molecule has 1 aliphatic carbocycles. The summed E-state index contributed by atoms with van der Waals surface area (Å²) in [6, 6.07) is -0.980. The normalized spacial score (nSPS) is 24.2. The van der Waals surface area contributed by atoms with Crippen LogP contribution in [0, 0.1) is 11.8 Å². The van der Waals surface area contributed by atoms with Crippen molar-refractivity contribution in [1.82, 2.24) is 10.6 Å². The van der Waals surface area contributed by atoms with E-state index in [9.17, 15) is 9.59 Å². The average molecular weight is 286 g/mol. The number of nitrogens with one attached hydrogen (secondary N) is 2. The average Bonchev–Trinajstić information content (AvgIpc) is 2.41. The lowest BCUT2D eigenvalue weighted by molar-refractivity contribution is -0.146. The fourth-order valence-corrected chi connectivity index (χ4v) is 2.72. The summed E-state index contributed by atoms with van der Waals surface area (Å²) in [5.74, 6) is -0.989. The zero-order valence-electron chi connectivity index (χ0n) is 12.1. The van der Waals surface area contributed by atoms with Crippen LogP contribution in [0.15, 0.2) is 0 Å². The lowest BCUT2D eigenvalue weighted by Gasteiger charge is -2.29. The van der Waals surface area contributed by atoms with Crippen LogP contribution in [0.5, 0.6) is 0 Å². The van der Waals surface area contributed by atoms with Gasteiger partial charge >= 0.3 is 11.9 Å². The molecule has 1 fully saturated rings. The van der Waals surface area contributed by atoms with Gasteiger partial charge in [0, 0.05) is 0 Å². The van der Waals surface area contributed by atoms with E-state index in [1.165, 1.54) is 0 Å². The van der Waals surface area contributed by atoms with Crippen LogP contribution in [0.25, 0.3) is 0 Å². The van der Waals surface area contributed by atoms with Gasteiger partial charge in [-0.05, 0) is 57.2 Å². The Balaban J connectivity index is 2.25. The van der Waals surface area contributed by atoms with Gasteiger partial charge in [0.1, 0.15) is 6.04 Å². The van der Waals surface area contributed by atoms with E-state index in [-0.39, 0.29) is 6.42 Å². The monoisotopic (exact) mass is 286 g/mol. The lowest BCUT2D eigenvalue weighted by Crippen LogP contribution is -2.41. The molecule has 0 heterocycles. The van der Waals surface area contributed by atoms with Crippen molar-refractivity contribution in [3.05, 3.63) is 0 Å². The van der Waals surface area contributed by atoms with E-state index in [4.69, 9.17) is 10.2 Å². The Morgan fingerprint density at radius 1 is 1.10 bits per heavy atom. The van der Waals surface area contributed by atoms with Crippen molar-refractivity contribution in [2.75, 3.05) is 19.6 Å². The lowest BCUT2D eigenvalue weighted by atomic mass is 9.82. The number of carboxylic acids is 2. The van der Waals surface area contributed by atoms with Crippen molar-refractivity contribution in [3.63, 3.8) is 0 Å². The summed E-state index contributed by atoms with van der Waals surface area (Å²) in [6.07, 6.45) is 4.13. The molecule has 0 aliphatic heterocycles. The van der Waals surface area contributed by atoms with E-state index in [1.54, 1.807) is 0 Å². The van der Waals surface area contributed by atoms with Crippen molar-refractivity contribution in [1.29, 1.82) is 0 Å². The van der Waals surface area contributed by atoms with E-state index in [1.807, 2.05) is 0 Å². The molecule has 1 atom stereocenters. The third-order valence-electron chi connectivity index (χ3n) is 3.98. The zero-order valence-corrected chi connectivity index (χ0v) is 12.1. The van der Waals surface area contributed by atoms with E-state index in [2.05, 4.69) is 17.6 Å². The fraction of sp³-hybridized carbons (Fsp3) is 0.857. The largest absolute Gasteiger partial charge is 0.481 e. The molecule has 0 aromatic heterocycles. The highest BCUT2D eigenvalue weighted by molar-refractivity contribution is 5.80. The summed E-state index contributed by atoms with van der Waals surface area (Å²) >= 11 is 0. The molecule has 0 aromatic rings. The predicted octanol–water partition coefficient (Wildman–Crippen LogP) is 0.920. The van der Waals surface area contributed by atoms with Gasteiger partial charge in [0.2, 0.25) is 0 Å². The van der Waals surface area contributed by atoms with E-state index in [0.29, 0.717) is 12.5 Å². The van der Waals surface area contributed by atoms with Crippen LogP contribution in [0.2, 0.25) is 0 Å². The van der Waals surface area contributed by atoms with Crippen LogP contribution in [0.1, 0.15) is 39.0 Å². The molecule has 0 aromatic carbocycles. The zero-order chi connectivity index (χ0) is 15.0. The van der Waals surface area contributed by atoms with E-state index < -0.39 is 18.0 Å². The maximum absolute atomic E-state index is 10.9. The van der Waals surface area contributed by atoms with Gasteiger partial charge in [-0.15, -0.1) is 0 Å². The summed E-state index contributed by atoms with van der Waals surface area (Å²) in [5.41, 5.74) is 0. The van der Waals surface area contributed by atoms with E-state index >= 15 is 0 Å². The van der Waals surface area contributed by atoms with Gasteiger partial charge in [0.05, 0.1) is 6.42 Å². The summed E-state index contributed by atoms with van der Waals surface area (Å²) in [5, 5.41) is 23.9. The van der Waals surface area contributed by atoms with Crippen LogP contribution < -0.4 is 10.6 Å². The molecular weight excluding hydrogens is 260 g/mol. The van der Waals surface area contributed by atoms with Crippen LogP contribution in [0.3, 0.4) is 0 Å². The van der Waals surface area contributed by atoms with Crippen LogP contribution in [0.4, 0.5) is 0 Å². The van der Waals surface area contributed by atoms with Gasteiger partial charge < -0.3 is 20.8 Å². The first-order valence-electron chi connectivity index (χ1n) is 7.41. The number of carboxylic acid groups (broad SMARTS) is 2.